The first-order valence-corrected chi connectivity index (χ1v) is 6.43. The monoisotopic (exact) mass is 294 g/mol. The summed E-state index contributed by atoms with van der Waals surface area (Å²) < 4.78 is 43.8. The number of hydrogen-bond donors (Lipinski definition) is 1. The maximum Gasteiger partial charge on any atom is 0.419 e. The number of rotatable bonds is 3. The minimum Gasteiger partial charge on any atom is -0.382 e. The van der Waals surface area contributed by atoms with E-state index in [0.717, 1.165) is 25.5 Å². The average Bonchev–Trinajstić information content (AvgIpc) is 2.36. The van der Waals surface area contributed by atoms with Crippen LogP contribution < -0.4 is 5.32 Å². The Balaban J connectivity index is 2.07. The maximum atomic E-state index is 12.8. The molecule has 1 fully saturated rings. The molecular weight excluding hydrogens is 281 g/mol. The molecule has 3 nitrogen and oxygen atoms in total. The number of ether oxygens (including phenoxy) is 1. The van der Waals surface area contributed by atoms with E-state index in [1.165, 1.54) is 6.07 Å². The van der Waals surface area contributed by atoms with Gasteiger partial charge in [0, 0.05) is 19.3 Å². The van der Waals surface area contributed by atoms with Gasteiger partial charge in [0.25, 0.3) is 0 Å². The van der Waals surface area contributed by atoms with Crippen molar-refractivity contribution in [2.75, 3.05) is 18.5 Å². The number of pyridine rings is 1. The van der Waals surface area contributed by atoms with Crippen LogP contribution in [0.3, 0.4) is 0 Å². The Labute approximate surface area is 114 Å². The molecule has 1 saturated heterocycles. The molecule has 1 atom stereocenters. The summed E-state index contributed by atoms with van der Waals surface area (Å²) >= 11 is 5.64. The summed E-state index contributed by atoms with van der Waals surface area (Å²) in [6.45, 7) is 0.999. The van der Waals surface area contributed by atoms with Crippen molar-refractivity contribution in [2.24, 2.45) is 0 Å². The molecule has 0 unspecified atom stereocenters. The van der Waals surface area contributed by atoms with Gasteiger partial charge in [-0.15, -0.1) is 0 Å². The van der Waals surface area contributed by atoms with Gasteiger partial charge in [-0.2, -0.15) is 13.2 Å². The average molecular weight is 295 g/mol. The smallest absolute Gasteiger partial charge is 0.382 e. The number of hydrogen-bond acceptors (Lipinski definition) is 3. The molecule has 1 N–H and O–H groups in total. The lowest BCUT2D eigenvalue weighted by Gasteiger charge is -2.24. The van der Waals surface area contributed by atoms with E-state index >= 15 is 0 Å². The highest BCUT2D eigenvalue weighted by molar-refractivity contribution is 6.29. The molecule has 2 heterocycles. The summed E-state index contributed by atoms with van der Waals surface area (Å²) in [4.78, 5) is 3.48. The highest BCUT2D eigenvalue weighted by atomic mass is 35.5. The van der Waals surface area contributed by atoms with Gasteiger partial charge in [0.15, 0.2) is 0 Å². The third kappa shape index (κ3) is 3.98. The van der Waals surface area contributed by atoms with Crippen LogP contribution in [0.5, 0.6) is 0 Å². The van der Waals surface area contributed by atoms with Gasteiger partial charge in [-0.25, -0.2) is 4.98 Å². The number of alkyl halides is 3. The van der Waals surface area contributed by atoms with Gasteiger partial charge in [-0.1, -0.05) is 11.6 Å². The van der Waals surface area contributed by atoms with Crippen molar-refractivity contribution >= 4 is 17.3 Å². The van der Waals surface area contributed by atoms with E-state index in [1.54, 1.807) is 0 Å². The van der Waals surface area contributed by atoms with E-state index in [0.29, 0.717) is 13.2 Å². The fourth-order valence-corrected chi connectivity index (χ4v) is 2.15. The van der Waals surface area contributed by atoms with Crippen LogP contribution in [0.2, 0.25) is 5.15 Å². The number of halogens is 4. The fraction of sp³-hybridized carbons (Fsp3) is 0.583. The molecule has 0 bridgehead atoms. The summed E-state index contributed by atoms with van der Waals surface area (Å²) in [5.41, 5.74) is -0.866. The largest absolute Gasteiger partial charge is 0.419 e. The topological polar surface area (TPSA) is 34.2 Å². The van der Waals surface area contributed by atoms with Gasteiger partial charge < -0.3 is 10.1 Å². The molecule has 0 radical (unpaired) electrons. The zero-order valence-electron chi connectivity index (χ0n) is 10.1. The second-order valence-electron chi connectivity index (χ2n) is 4.42. The quantitative estimate of drug-likeness (QED) is 0.863. The Morgan fingerprint density at radius 3 is 2.84 bits per heavy atom. The molecule has 1 aromatic heterocycles. The lowest BCUT2D eigenvalue weighted by Crippen LogP contribution is -2.27. The van der Waals surface area contributed by atoms with E-state index in [1.807, 2.05) is 0 Å². The molecule has 106 valence electrons. The predicted octanol–water partition coefficient (Wildman–Crippen LogP) is 3.73. The number of aromatic nitrogens is 1. The molecule has 7 heteroatoms. The summed E-state index contributed by atoms with van der Waals surface area (Å²) in [5, 5.41) is 2.79. The zero-order valence-corrected chi connectivity index (χ0v) is 10.9. The third-order valence-corrected chi connectivity index (χ3v) is 3.18. The van der Waals surface area contributed by atoms with Crippen LogP contribution >= 0.6 is 11.6 Å². The van der Waals surface area contributed by atoms with Crippen molar-refractivity contribution < 1.29 is 17.9 Å². The Morgan fingerprint density at radius 1 is 1.42 bits per heavy atom. The molecule has 0 aromatic carbocycles. The van der Waals surface area contributed by atoms with Crippen LogP contribution in [0.25, 0.3) is 0 Å². The Hall–Kier alpha value is -1.01. The highest BCUT2D eigenvalue weighted by Gasteiger charge is 2.34. The molecule has 0 amide bonds. The van der Waals surface area contributed by atoms with Crippen molar-refractivity contribution in [1.29, 1.82) is 0 Å². The lowest BCUT2D eigenvalue weighted by molar-refractivity contribution is -0.137. The number of nitrogens with zero attached hydrogens (tertiary/aromatic N) is 1. The van der Waals surface area contributed by atoms with Crippen LogP contribution in [0.4, 0.5) is 18.9 Å². The molecular formula is C12H14ClF3N2O. The molecule has 0 aliphatic carbocycles. The first-order chi connectivity index (χ1) is 8.97. The van der Waals surface area contributed by atoms with Crippen LogP contribution in [-0.4, -0.2) is 24.2 Å². The Morgan fingerprint density at radius 2 is 2.21 bits per heavy atom. The van der Waals surface area contributed by atoms with Gasteiger partial charge in [0.2, 0.25) is 0 Å². The lowest BCUT2D eigenvalue weighted by atomic mass is 10.1. The number of nitrogens with one attached hydrogen (secondary N) is 1. The van der Waals surface area contributed by atoms with Crippen LogP contribution in [0, 0.1) is 0 Å². The summed E-state index contributed by atoms with van der Waals surface area (Å²) in [6.07, 6.45) is -0.866. The zero-order chi connectivity index (χ0) is 13.9. The molecule has 1 aliphatic rings. The van der Waals surface area contributed by atoms with Crippen molar-refractivity contribution in [3.8, 4) is 0 Å². The summed E-state index contributed by atoms with van der Waals surface area (Å²) in [7, 11) is 0. The van der Waals surface area contributed by atoms with Crippen LogP contribution in [0.15, 0.2) is 12.3 Å². The van der Waals surface area contributed by atoms with E-state index in [4.69, 9.17) is 16.3 Å². The minimum atomic E-state index is -4.45. The Bertz CT molecular complexity index is 433. The van der Waals surface area contributed by atoms with E-state index in [9.17, 15) is 13.2 Å². The van der Waals surface area contributed by atoms with Gasteiger partial charge >= 0.3 is 6.18 Å². The maximum absolute atomic E-state index is 12.8. The third-order valence-electron chi connectivity index (χ3n) is 2.97. The number of anilines is 1. The molecule has 1 aliphatic heterocycles. The Kier molecular flexibility index (Phi) is 4.52. The van der Waals surface area contributed by atoms with Crippen molar-refractivity contribution in [3.05, 3.63) is 23.0 Å². The second-order valence-corrected chi connectivity index (χ2v) is 4.81. The first kappa shape index (κ1) is 14.4. The first-order valence-electron chi connectivity index (χ1n) is 6.05. The summed E-state index contributed by atoms with van der Waals surface area (Å²) in [6, 6.07) is 1.19. The predicted molar refractivity (Wildman–Crippen MR) is 66.3 cm³/mol. The van der Waals surface area contributed by atoms with Crippen molar-refractivity contribution in [1.82, 2.24) is 4.98 Å². The molecule has 2 rings (SSSR count). The van der Waals surface area contributed by atoms with Gasteiger partial charge in [-0.3, -0.25) is 0 Å². The van der Waals surface area contributed by atoms with Gasteiger partial charge in [-0.05, 0) is 25.3 Å². The minimum absolute atomic E-state index is 0.0278. The van der Waals surface area contributed by atoms with E-state index in [-0.39, 0.29) is 16.9 Å². The SMILES string of the molecule is FC(F)(F)c1cnc(Cl)cc1NC[C@H]1CCCCO1. The van der Waals surface area contributed by atoms with E-state index in [2.05, 4.69) is 10.3 Å². The second kappa shape index (κ2) is 5.96. The fourth-order valence-electron chi connectivity index (χ4n) is 1.99. The highest BCUT2D eigenvalue weighted by Crippen LogP contribution is 2.35. The molecule has 19 heavy (non-hydrogen) atoms. The molecule has 0 saturated carbocycles. The standard InChI is InChI=1S/C12H14ClF3N2O/c13-11-5-10(9(7-18-11)12(14,15)16)17-6-8-3-1-2-4-19-8/h5,7-8H,1-4,6H2,(H,17,18)/t8-/m1/s1. The molecule has 1 aromatic rings. The normalized spacial score (nSPS) is 20.3. The summed E-state index contributed by atoms with van der Waals surface area (Å²) in [5.74, 6) is 0. The van der Waals surface area contributed by atoms with Gasteiger partial charge in [0.1, 0.15) is 5.15 Å². The van der Waals surface area contributed by atoms with E-state index < -0.39 is 11.7 Å². The van der Waals surface area contributed by atoms with Crippen molar-refractivity contribution in [3.63, 3.8) is 0 Å². The van der Waals surface area contributed by atoms with Crippen LogP contribution in [0.1, 0.15) is 24.8 Å². The molecule has 0 spiro atoms. The van der Waals surface area contributed by atoms with Gasteiger partial charge in [0.05, 0.1) is 17.4 Å². The van der Waals surface area contributed by atoms with Crippen molar-refractivity contribution in [2.45, 2.75) is 31.5 Å². The van der Waals surface area contributed by atoms with Crippen LogP contribution in [-0.2, 0) is 10.9 Å².